The Labute approximate surface area is 147 Å². The number of rotatable bonds is 11. The van der Waals surface area contributed by atoms with Crippen LogP contribution in [0.3, 0.4) is 0 Å². The molecule has 11 heteroatoms. The molecule has 0 heterocycles. The van der Waals surface area contributed by atoms with Gasteiger partial charge in [-0.05, 0) is 15.5 Å². The molecule has 1 unspecified atom stereocenters. The fourth-order valence-electron chi connectivity index (χ4n) is 1.10. The van der Waals surface area contributed by atoms with Crippen molar-refractivity contribution in [2.45, 2.75) is 5.25 Å². The summed E-state index contributed by atoms with van der Waals surface area (Å²) < 4.78 is 0. The minimum atomic E-state index is -0.119. The van der Waals surface area contributed by atoms with E-state index in [1.54, 1.807) is 23.5 Å². The fourth-order valence-corrected chi connectivity index (χ4v) is 5.81. The SMILES string of the molecule is [N-]=C(N)SCCSCC(CSC(=[N-])N)SCCSC(=[N-])N. The van der Waals surface area contributed by atoms with Gasteiger partial charge in [-0.15, -0.1) is 35.3 Å². The third-order valence-electron chi connectivity index (χ3n) is 1.89. The topological polar surface area (TPSA) is 145 Å². The van der Waals surface area contributed by atoms with Gasteiger partial charge in [0, 0.05) is 39.8 Å². The number of hydrogen-bond acceptors (Lipinski definition) is 5. The Morgan fingerprint density at radius 3 is 1.76 bits per heavy atom. The lowest BCUT2D eigenvalue weighted by Gasteiger charge is -2.17. The van der Waals surface area contributed by atoms with E-state index in [1.165, 1.54) is 35.3 Å². The van der Waals surface area contributed by atoms with E-state index in [1.807, 2.05) is 0 Å². The van der Waals surface area contributed by atoms with Crippen LogP contribution in [-0.2, 0) is 0 Å². The number of nitrogens with two attached hydrogens (primary N) is 3. The highest BCUT2D eigenvalue weighted by atomic mass is 32.2. The quantitative estimate of drug-likeness (QED) is 0.277. The molecule has 0 amide bonds. The van der Waals surface area contributed by atoms with Gasteiger partial charge in [-0.3, -0.25) is 0 Å². The van der Waals surface area contributed by atoms with Crippen molar-refractivity contribution in [1.82, 2.24) is 0 Å². The number of hydrogen-bond donors (Lipinski definition) is 3. The van der Waals surface area contributed by atoms with Crippen LogP contribution >= 0.6 is 58.8 Å². The van der Waals surface area contributed by atoms with Crippen molar-refractivity contribution in [3.05, 3.63) is 16.2 Å². The van der Waals surface area contributed by atoms with Gasteiger partial charge in [-0.2, -0.15) is 23.5 Å². The van der Waals surface area contributed by atoms with E-state index < -0.39 is 0 Å². The summed E-state index contributed by atoms with van der Waals surface area (Å²) in [6.07, 6.45) is 0. The molecular weight excluding hydrogens is 364 g/mol. The predicted octanol–water partition coefficient (Wildman–Crippen LogP) is 1.67. The molecule has 6 nitrogen and oxygen atoms in total. The Kier molecular flexibility index (Phi) is 13.9. The molecule has 0 aliphatic carbocycles. The summed E-state index contributed by atoms with van der Waals surface area (Å²) in [6, 6.07) is 0. The second kappa shape index (κ2) is 13.8. The largest absolute Gasteiger partial charge is 0.490 e. The van der Waals surface area contributed by atoms with Crippen molar-refractivity contribution < 1.29 is 0 Å². The number of nitrogens with zero attached hydrogens (tertiary/aromatic N) is 3. The summed E-state index contributed by atoms with van der Waals surface area (Å²) in [6.45, 7) is 0. The molecule has 0 aromatic rings. The van der Waals surface area contributed by atoms with Crippen molar-refractivity contribution in [3.8, 4) is 0 Å². The molecule has 0 aliphatic rings. The lowest BCUT2D eigenvalue weighted by molar-refractivity contribution is 1.15. The number of amidine groups is 3. The molecule has 0 aromatic carbocycles. The van der Waals surface area contributed by atoms with Crippen molar-refractivity contribution in [2.75, 3.05) is 34.5 Å². The van der Waals surface area contributed by atoms with E-state index in [0.717, 1.165) is 34.5 Å². The van der Waals surface area contributed by atoms with Crippen LogP contribution < -0.4 is 17.2 Å². The third kappa shape index (κ3) is 16.4. The van der Waals surface area contributed by atoms with Gasteiger partial charge in [0.15, 0.2) is 0 Å². The molecule has 6 N–H and O–H groups in total. The molecule has 0 saturated heterocycles. The minimum absolute atomic E-state index is 0.102. The van der Waals surface area contributed by atoms with Crippen LogP contribution in [0.1, 0.15) is 0 Å². The van der Waals surface area contributed by atoms with Crippen LogP contribution in [0.2, 0.25) is 0 Å². The molecule has 0 spiro atoms. The van der Waals surface area contributed by atoms with Crippen LogP contribution in [-0.4, -0.2) is 55.3 Å². The summed E-state index contributed by atoms with van der Waals surface area (Å²) in [5.41, 5.74) is 15.6. The second-order valence-corrected chi connectivity index (χ2v) is 9.42. The summed E-state index contributed by atoms with van der Waals surface area (Å²) in [5, 5.41) is 26.8. The van der Waals surface area contributed by atoms with E-state index in [4.69, 9.17) is 33.4 Å². The predicted molar refractivity (Wildman–Crippen MR) is 109 cm³/mol. The molecule has 21 heavy (non-hydrogen) atoms. The van der Waals surface area contributed by atoms with Crippen LogP contribution in [0.15, 0.2) is 0 Å². The lowest BCUT2D eigenvalue weighted by atomic mass is 10.5. The summed E-state index contributed by atoms with van der Waals surface area (Å²) in [7, 11) is 0. The zero-order valence-electron chi connectivity index (χ0n) is 11.4. The molecule has 0 bridgehead atoms. The highest BCUT2D eigenvalue weighted by molar-refractivity contribution is 8.16. The van der Waals surface area contributed by atoms with Crippen molar-refractivity contribution in [3.63, 3.8) is 0 Å². The monoisotopic (exact) mass is 383 g/mol. The molecule has 0 radical (unpaired) electrons. The minimum Gasteiger partial charge on any atom is -0.490 e. The molecular formula is C10H19N6S5-3. The lowest BCUT2D eigenvalue weighted by Crippen LogP contribution is -2.16. The third-order valence-corrected chi connectivity index (χ3v) is 7.47. The first-order valence-corrected chi connectivity index (χ1v) is 11.1. The molecule has 0 saturated carbocycles. The first kappa shape index (κ1) is 21.2. The Morgan fingerprint density at radius 1 is 0.714 bits per heavy atom. The average molecular weight is 384 g/mol. The zero-order chi connectivity index (χ0) is 16.1. The van der Waals surface area contributed by atoms with Gasteiger partial charge in [0.05, 0.1) is 0 Å². The van der Waals surface area contributed by atoms with Gasteiger partial charge in [-0.25, -0.2) is 0 Å². The normalized spacial score (nSPS) is 12.0. The zero-order valence-corrected chi connectivity index (χ0v) is 15.5. The fraction of sp³-hybridized carbons (Fsp3) is 0.700. The van der Waals surface area contributed by atoms with Crippen molar-refractivity contribution >= 4 is 74.3 Å². The van der Waals surface area contributed by atoms with Gasteiger partial charge in [0.25, 0.3) is 0 Å². The Hall–Kier alpha value is 0.160. The standard InChI is InChI=1S/C10H19N6S5/c11-8(12)19-2-1-17-5-7(6-21-10(15)16)18-3-4-20-9(13)14/h7H,1-6H2,(H6-3,11,12,13,14,15,16)/q-3. The maximum absolute atomic E-state index is 9.05. The van der Waals surface area contributed by atoms with Gasteiger partial charge >= 0.3 is 0 Å². The molecule has 0 aliphatic heterocycles. The van der Waals surface area contributed by atoms with E-state index in [9.17, 15) is 0 Å². The molecule has 122 valence electrons. The first-order chi connectivity index (χ1) is 9.91. The van der Waals surface area contributed by atoms with Crippen LogP contribution in [0, 0.1) is 0 Å². The van der Waals surface area contributed by atoms with Crippen molar-refractivity contribution in [1.29, 1.82) is 0 Å². The number of thioether (sulfide) groups is 5. The maximum Gasteiger partial charge on any atom is 0.0232 e. The Bertz CT molecular complexity index is 340. The Balaban J connectivity index is 3.87. The highest BCUT2D eigenvalue weighted by Gasteiger charge is 2.09. The molecule has 0 fully saturated rings. The van der Waals surface area contributed by atoms with E-state index >= 15 is 0 Å². The summed E-state index contributed by atoms with van der Waals surface area (Å²) >= 11 is 7.21. The molecule has 1 atom stereocenters. The summed E-state index contributed by atoms with van der Waals surface area (Å²) in [5.74, 6) is 4.89. The van der Waals surface area contributed by atoms with Gasteiger partial charge in [-0.1, -0.05) is 0 Å². The smallest absolute Gasteiger partial charge is 0.0232 e. The van der Waals surface area contributed by atoms with Crippen molar-refractivity contribution in [2.24, 2.45) is 17.2 Å². The van der Waals surface area contributed by atoms with Crippen LogP contribution in [0.5, 0.6) is 0 Å². The van der Waals surface area contributed by atoms with Gasteiger partial charge < -0.3 is 33.4 Å². The first-order valence-electron chi connectivity index (χ1n) is 5.93. The maximum atomic E-state index is 9.05. The van der Waals surface area contributed by atoms with Crippen LogP contribution in [0.25, 0.3) is 16.2 Å². The van der Waals surface area contributed by atoms with E-state index in [2.05, 4.69) is 0 Å². The molecule has 0 aromatic heterocycles. The Morgan fingerprint density at radius 2 is 1.24 bits per heavy atom. The van der Waals surface area contributed by atoms with E-state index in [-0.39, 0.29) is 15.5 Å². The van der Waals surface area contributed by atoms with E-state index in [0.29, 0.717) is 5.25 Å². The molecule has 0 rings (SSSR count). The highest BCUT2D eigenvalue weighted by Crippen LogP contribution is 2.22. The van der Waals surface area contributed by atoms with Crippen LogP contribution in [0.4, 0.5) is 0 Å². The summed E-state index contributed by atoms with van der Waals surface area (Å²) in [4.78, 5) is 0. The van der Waals surface area contributed by atoms with Gasteiger partial charge in [0.2, 0.25) is 0 Å². The average Bonchev–Trinajstić information content (AvgIpc) is 2.38. The van der Waals surface area contributed by atoms with Gasteiger partial charge in [0.1, 0.15) is 0 Å². The second-order valence-electron chi connectivity index (χ2n) is 3.59.